The van der Waals surface area contributed by atoms with Gasteiger partial charge in [-0.3, -0.25) is 14.5 Å². The zero-order valence-corrected chi connectivity index (χ0v) is 22.4. The van der Waals surface area contributed by atoms with Crippen molar-refractivity contribution < 1.29 is 29.3 Å². The number of amides is 1. The maximum atomic E-state index is 13.6. The highest BCUT2D eigenvalue weighted by atomic mass is 32.1. The number of carbonyl (C=O) groups excluding carboxylic acids is 2. The molecule has 3 heterocycles. The van der Waals surface area contributed by atoms with E-state index in [0.717, 1.165) is 21.6 Å². The van der Waals surface area contributed by atoms with Gasteiger partial charge in [0.1, 0.15) is 17.6 Å². The Bertz CT molecular complexity index is 1690. The first-order chi connectivity index (χ1) is 18.7. The molecule has 9 heteroatoms. The first kappa shape index (κ1) is 24.9. The molecular weight excluding hydrogens is 516 g/mol. The largest absolute Gasteiger partial charge is 0.507 e. The molecule has 198 valence electrons. The number of rotatable bonds is 5. The van der Waals surface area contributed by atoms with Crippen LogP contribution < -0.4 is 14.4 Å². The second kappa shape index (κ2) is 9.43. The fourth-order valence-corrected chi connectivity index (χ4v) is 6.26. The second-order valence-corrected chi connectivity index (χ2v) is 10.8. The maximum Gasteiger partial charge on any atom is 0.301 e. The molecule has 0 radical (unpaired) electrons. The molecule has 1 amide bonds. The van der Waals surface area contributed by atoms with Gasteiger partial charge in [0.25, 0.3) is 5.78 Å². The molecule has 2 aliphatic heterocycles. The molecule has 1 saturated heterocycles. The molecule has 1 aromatic heterocycles. The third-order valence-electron chi connectivity index (χ3n) is 6.95. The molecule has 4 aromatic rings. The van der Waals surface area contributed by atoms with Gasteiger partial charge in [0.05, 0.1) is 28.4 Å². The Hall–Kier alpha value is -4.37. The predicted octanol–water partition coefficient (Wildman–Crippen LogP) is 5.66. The van der Waals surface area contributed by atoms with E-state index in [1.807, 2.05) is 32.0 Å². The van der Waals surface area contributed by atoms with E-state index in [9.17, 15) is 19.8 Å². The van der Waals surface area contributed by atoms with Crippen LogP contribution in [-0.4, -0.2) is 39.6 Å². The topological polar surface area (TPSA) is 109 Å². The van der Waals surface area contributed by atoms with Gasteiger partial charge in [0, 0.05) is 12.0 Å². The van der Waals surface area contributed by atoms with Crippen LogP contribution >= 0.6 is 11.3 Å². The number of nitrogens with zero attached hydrogens (tertiary/aromatic N) is 2. The fraction of sp³-hybridized carbons (Fsp3) is 0.233. The molecule has 3 aromatic carbocycles. The van der Waals surface area contributed by atoms with Crippen LogP contribution in [0.2, 0.25) is 0 Å². The van der Waals surface area contributed by atoms with Crippen molar-refractivity contribution in [2.45, 2.75) is 39.3 Å². The smallest absolute Gasteiger partial charge is 0.301 e. The lowest BCUT2D eigenvalue weighted by atomic mass is 9.94. The first-order valence-corrected chi connectivity index (χ1v) is 13.5. The van der Waals surface area contributed by atoms with Gasteiger partial charge in [-0.2, -0.15) is 0 Å². The van der Waals surface area contributed by atoms with E-state index in [-0.39, 0.29) is 28.9 Å². The lowest BCUT2D eigenvalue weighted by molar-refractivity contribution is -0.132. The highest BCUT2D eigenvalue weighted by molar-refractivity contribution is 7.22. The van der Waals surface area contributed by atoms with Crippen LogP contribution in [-0.2, 0) is 16.0 Å². The van der Waals surface area contributed by atoms with Crippen LogP contribution in [0, 0.1) is 6.92 Å². The normalized spacial score (nSPS) is 19.9. The summed E-state index contributed by atoms with van der Waals surface area (Å²) in [5.74, 6) is -1.01. The van der Waals surface area contributed by atoms with Crippen LogP contribution in [0.4, 0.5) is 5.13 Å². The van der Waals surface area contributed by atoms with Crippen molar-refractivity contribution in [3.05, 3.63) is 82.4 Å². The molecular formula is C30H26N2O6S. The lowest BCUT2D eigenvalue weighted by Crippen LogP contribution is -2.29. The third-order valence-corrected chi connectivity index (χ3v) is 7.97. The monoisotopic (exact) mass is 542 g/mol. The van der Waals surface area contributed by atoms with Crippen LogP contribution in [0.25, 0.3) is 16.0 Å². The number of hydrogen-bond donors (Lipinski definition) is 2. The number of ether oxygens (including phenoxy) is 2. The van der Waals surface area contributed by atoms with Crippen molar-refractivity contribution >= 4 is 44.1 Å². The zero-order valence-electron chi connectivity index (χ0n) is 21.6. The van der Waals surface area contributed by atoms with Gasteiger partial charge >= 0.3 is 5.91 Å². The molecule has 0 saturated carbocycles. The number of aromatic hydroxyl groups is 1. The van der Waals surface area contributed by atoms with Gasteiger partial charge in [-0.15, -0.1) is 0 Å². The SMILES string of the molecule is CCOc1cc([C@H]2C(=C(O)c3ccc4c(c3)C[C@@H](C)O4)C(=O)C(=O)N2c2nc3ccc(C)cc3s2)ccc1O. The Labute approximate surface area is 228 Å². The number of fused-ring (bicyclic) bond motifs is 2. The van der Waals surface area contributed by atoms with Crippen LogP contribution in [0.1, 0.15) is 42.1 Å². The molecule has 1 fully saturated rings. The Balaban J connectivity index is 1.55. The van der Waals surface area contributed by atoms with Crippen molar-refractivity contribution in [1.82, 2.24) is 4.98 Å². The van der Waals surface area contributed by atoms with Gasteiger partial charge in [-0.25, -0.2) is 4.98 Å². The number of anilines is 1. The number of aryl methyl sites for hydroxylation is 1. The van der Waals surface area contributed by atoms with Gasteiger partial charge in [-0.05, 0) is 79.9 Å². The summed E-state index contributed by atoms with van der Waals surface area (Å²) in [5.41, 5.74) is 3.52. The minimum absolute atomic E-state index is 0.0135. The third kappa shape index (κ3) is 4.19. The molecule has 0 unspecified atom stereocenters. The van der Waals surface area contributed by atoms with Gasteiger partial charge in [0.2, 0.25) is 0 Å². The molecule has 2 aliphatic rings. The molecule has 2 N–H and O–H groups in total. The summed E-state index contributed by atoms with van der Waals surface area (Å²) < 4.78 is 12.2. The highest BCUT2D eigenvalue weighted by Crippen LogP contribution is 2.46. The van der Waals surface area contributed by atoms with Crippen molar-refractivity contribution in [1.29, 1.82) is 0 Å². The Morgan fingerprint density at radius 3 is 2.77 bits per heavy atom. The zero-order chi connectivity index (χ0) is 27.4. The number of ketones is 1. The van der Waals surface area contributed by atoms with Gasteiger partial charge < -0.3 is 19.7 Å². The van der Waals surface area contributed by atoms with Gasteiger partial charge in [-0.1, -0.05) is 23.5 Å². The van der Waals surface area contributed by atoms with E-state index in [2.05, 4.69) is 4.98 Å². The number of hydrogen-bond acceptors (Lipinski definition) is 8. The number of carbonyl (C=O) groups is 2. The van der Waals surface area contributed by atoms with E-state index in [0.29, 0.717) is 34.8 Å². The summed E-state index contributed by atoms with van der Waals surface area (Å²) in [6, 6.07) is 14.7. The number of thiazole rings is 1. The van der Waals surface area contributed by atoms with E-state index < -0.39 is 17.7 Å². The van der Waals surface area contributed by atoms with E-state index >= 15 is 0 Å². The average Bonchev–Trinajstić information content (AvgIpc) is 3.57. The molecule has 0 spiro atoms. The van der Waals surface area contributed by atoms with Crippen LogP contribution in [0.3, 0.4) is 0 Å². The van der Waals surface area contributed by atoms with Crippen molar-refractivity contribution in [2.75, 3.05) is 11.5 Å². The van der Waals surface area contributed by atoms with Crippen LogP contribution in [0.5, 0.6) is 17.2 Å². The molecule has 0 aliphatic carbocycles. The number of phenolic OH excluding ortho intramolecular Hbond substituents is 1. The first-order valence-electron chi connectivity index (χ1n) is 12.7. The summed E-state index contributed by atoms with van der Waals surface area (Å²) in [6.07, 6.45) is 0.689. The van der Waals surface area contributed by atoms with Crippen LogP contribution in [0.15, 0.2) is 60.2 Å². The quantitative estimate of drug-likeness (QED) is 0.190. The van der Waals surface area contributed by atoms with E-state index in [4.69, 9.17) is 9.47 Å². The number of aliphatic hydroxyl groups excluding tert-OH is 1. The molecule has 8 nitrogen and oxygen atoms in total. The molecule has 6 rings (SSSR count). The number of benzene rings is 3. The molecule has 39 heavy (non-hydrogen) atoms. The summed E-state index contributed by atoms with van der Waals surface area (Å²) in [7, 11) is 0. The Kier molecular flexibility index (Phi) is 6.03. The lowest BCUT2D eigenvalue weighted by Gasteiger charge is -2.23. The van der Waals surface area contributed by atoms with Crippen molar-refractivity contribution in [2.24, 2.45) is 0 Å². The molecule has 2 atom stereocenters. The van der Waals surface area contributed by atoms with E-state index in [1.165, 1.54) is 22.3 Å². The minimum Gasteiger partial charge on any atom is -0.507 e. The standard InChI is InChI=1S/C30H26N2O6S/c1-4-37-23-14-17(6-9-21(23)33)26-25(27(34)18-7-10-22-19(13-18)12-16(3)38-22)28(35)29(36)32(26)30-31-20-8-5-15(2)11-24(20)39-30/h5-11,13-14,16,26,33-34H,4,12H2,1-3H3/t16-,26+/m1/s1. The molecule has 0 bridgehead atoms. The number of Topliss-reactive ketones (excluding diaryl/α,β-unsaturated/α-hetero) is 1. The predicted molar refractivity (Wildman–Crippen MR) is 149 cm³/mol. The summed E-state index contributed by atoms with van der Waals surface area (Å²) >= 11 is 1.30. The summed E-state index contributed by atoms with van der Waals surface area (Å²) in [6.45, 7) is 6.04. The fourth-order valence-electron chi connectivity index (χ4n) is 5.16. The van der Waals surface area contributed by atoms with Crippen molar-refractivity contribution in [3.8, 4) is 17.2 Å². The maximum absolute atomic E-state index is 13.6. The van der Waals surface area contributed by atoms with E-state index in [1.54, 1.807) is 37.3 Å². The summed E-state index contributed by atoms with van der Waals surface area (Å²) in [4.78, 5) is 33.2. The Morgan fingerprint density at radius 1 is 1.15 bits per heavy atom. The Morgan fingerprint density at radius 2 is 1.97 bits per heavy atom. The minimum atomic E-state index is -0.991. The number of phenols is 1. The highest BCUT2D eigenvalue weighted by Gasteiger charge is 2.48. The average molecular weight is 543 g/mol. The van der Waals surface area contributed by atoms with Crippen molar-refractivity contribution in [3.63, 3.8) is 0 Å². The number of aromatic nitrogens is 1. The van der Waals surface area contributed by atoms with Gasteiger partial charge in [0.15, 0.2) is 16.6 Å². The summed E-state index contributed by atoms with van der Waals surface area (Å²) in [5, 5.41) is 22.2. The second-order valence-electron chi connectivity index (χ2n) is 9.75. The number of aliphatic hydroxyl groups is 1.